The number of nitrogens with one attached hydrogen (secondary N) is 1. The summed E-state index contributed by atoms with van der Waals surface area (Å²) in [5.41, 5.74) is 3.60. The maximum atomic E-state index is 9.19. The molecule has 172 valence electrons. The maximum absolute atomic E-state index is 9.19. The predicted molar refractivity (Wildman–Crippen MR) is 130 cm³/mol. The lowest BCUT2D eigenvalue weighted by molar-refractivity contribution is 0.162. The maximum Gasteiger partial charge on any atom is 0.257 e. The zero-order chi connectivity index (χ0) is 21.9. The summed E-state index contributed by atoms with van der Waals surface area (Å²) in [6.07, 6.45) is 7.03. The fraction of sp³-hybridized carbons (Fsp3) is 0.304. The van der Waals surface area contributed by atoms with Crippen LogP contribution in [0.1, 0.15) is 18.4 Å². The first-order chi connectivity index (χ1) is 15.7. The Morgan fingerprint density at radius 3 is 2.88 bits per heavy atom. The lowest BCUT2D eigenvalue weighted by atomic mass is 10.0. The Morgan fingerprint density at radius 2 is 2.00 bits per heavy atom. The summed E-state index contributed by atoms with van der Waals surface area (Å²) < 4.78 is 13.3. The van der Waals surface area contributed by atoms with Gasteiger partial charge in [-0.3, -0.25) is 0 Å². The second-order valence-corrected chi connectivity index (χ2v) is 7.67. The minimum Gasteiger partial charge on any atom is -0.484 e. The largest absolute Gasteiger partial charge is 0.484 e. The first kappa shape index (κ1) is 22.8. The van der Waals surface area contributed by atoms with E-state index in [0.717, 1.165) is 39.4 Å². The van der Waals surface area contributed by atoms with Crippen molar-refractivity contribution < 1.29 is 14.6 Å². The Kier molecular flexibility index (Phi) is 6.95. The van der Waals surface area contributed by atoms with Gasteiger partial charge >= 0.3 is 0 Å². The Hall–Kier alpha value is -3.37. The monoisotopic (exact) mass is 466 g/mol. The number of aliphatic hydroxyl groups excluding tert-OH is 1. The number of hydrogen-bond acceptors (Lipinski definition) is 8. The highest BCUT2D eigenvalue weighted by molar-refractivity contribution is 7.59. The fourth-order valence-electron chi connectivity index (χ4n) is 3.85. The molecule has 4 aromatic rings. The van der Waals surface area contributed by atoms with E-state index in [4.69, 9.17) is 9.47 Å². The van der Waals surface area contributed by atoms with Crippen LogP contribution in [0.4, 0.5) is 5.82 Å². The number of nitrogens with zero attached hydrogens (tertiary/aromatic N) is 5. The number of aromatic nitrogens is 5. The molecule has 0 fully saturated rings. The SMILES string of the molecule is C[C@H](CNc1cc(-c2cnc3c(ccn3CCO)c2)ncn1)c1ccnc2c1OCCO2.S. The van der Waals surface area contributed by atoms with E-state index >= 15 is 0 Å². The Bertz CT molecular complexity index is 1250. The minimum absolute atomic E-state index is 0. The highest BCUT2D eigenvalue weighted by Crippen LogP contribution is 2.35. The smallest absolute Gasteiger partial charge is 0.257 e. The molecule has 0 radical (unpaired) electrons. The van der Waals surface area contributed by atoms with Gasteiger partial charge in [0.15, 0.2) is 5.75 Å². The molecule has 5 rings (SSSR count). The Morgan fingerprint density at radius 1 is 1.12 bits per heavy atom. The van der Waals surface area contributed by atoms with Gasteiger partial charge in [0.1, 0.15) is 31.0 Å². The van der Waals surface area contributed by atoms with Crippen molar-refractivity contribution in [2.45, 2.75) is 19.4 Å². The van der Waals surface area contributed by atoms with E-state index in [-0.39, 0.29) is 26.0 Å². The lowest BCUT2D eigenvalue weighted by Gasteiger charge is -2.22. The van der Waals surface area contributed by atoms with Crippen LogP contribution in [0.3, 0.4) is 0 Å². The summed E-state index contributed by atoms with van der Waals surface area (Å²) in [5, 5.41) is 13.6. The third-order valence-electron chi connectivity index (χ3n) is 5.50. The Labute approximate surface area is 198 Å². The molecular formula is C23H26N6O3S. The molecule has 0 bridgehead atoms. The highest BCUT2D eigenvalue weighted by atomic mass is 32.1. The summed E-state index contributed by atoms with van der Waals surface area (Å²) in [5.74, 6) is 2.18. The molecule has 4 aromatic heterocycles. The number of ether oxygens (including phenoxy) is 2. The van der Waals surface area contributed by atoms with Gasteiger partial charge in [-0.2, -0.15) is 13.5 Å². The van der Waals surface area contributed by atoms with E-state index in [9.17, 15) is 5.11 Å². The molecule has 1 atom stereocenters. The van der Waals surface area contributed by atoms with Crippen molar-refractivity contribution in [2.75, 3.05) is 31.7 Å². The van der Waals surface area contributed by atoms with Crippen molar-refractivity contribution in [2.24, 2.45) is 0 Å². The average Bonchev–Trinajstić information content (AvgIpc) is 3.24. The fourth-order valence-corrected chi connectivity index (χ4v) is 3.85. The van der Waals surface area contributed by atoms with Gasteiger partial charge in [-0.1, -0.05) is 6.92 Å². The molecule has 1 aliphatic rings. The van der Waals surface area contributed by atoms with Gasteiger partial charge in [-0.15, -0.1) is 0 Å². The molecule has 0 saturated carbocycles. The van der Waals surface area contributed by atoms with Gasteiger partial charge in [0, 0.05) is 60.2 Å². The summed E-state index contributed by atoms with van der Waals surface area (Å²) >= 11 is 0. The van der Waals surface area contributed by atoms with Gasteiger partial charge in [-0.05, 0) is 18.2 Å². The van der Waals surface area contributed by atoms with Crippen LogP contribution in [0.5, 0.6) is 11.6 Å². The van der Waals surface area contributed by atoms with Crippen molar-refractivity contribution in [1.82, 2.24) is 24.5 Å². The normalized spacial score (nSPS) is 13.4. The standard InChI is InChI=1S/C23H24N6O3.H2S/c1-15(18-2-4-24-23-21(18)31-8-9-32-23)12-25-20-11-19(27-14-28-20)17-10-16-3-5-29(6-7-30)22(16)26-13-17;/h2-5,10-11,13-15,30H,6-9,12H2,1H3,(H,25,27,28);1H2/t15-;/m1./s1. The molecular weight excluding hydrogens is 440 g/mol. The zero-order valence-electron chi connectivity index (χ0n) is 18.2. The molecule has 1 aliphatic heterocycles. The van der Waals surface area contributed by atoms with Crippen LogP contribution in [0.25, 0.3) is 22.3 Å². The van der Waals surface area contributed by atoms with Gasteiger partial charge in [0.05, 0.1) is 12.3 Å². The van der Waals surface area contributed by atoms with Crippen LogP contribution < -0.4 is 14.8 Å². The topological polar surface area (TPSA) is 107 Å². The molecule has 0 aliphatic carbocycles. The lowest BCUT2D eigenvalue weighted by Crippen LogP contribution is -2.19. The second kappa shape index (κ2) is 10.1. The van der Waals surface area contributed by atoms with Crippen molar-refractivity contribution in [3.8, 4) is 22.9 Å². The average molecular weight is 467 g/mol. The highest BCUT2D eigenvalue weighted by Gasteiger charge is 2.20. The van der Waals surface area contributed by atoms with Crippen LogP contribution in [-0.4, -0.2) is 56.0 Å². The van der Waals surface area contributed by atoms with Crippen LogP contribution in [-0.2, 0) is 6.54 Å². The number of rotatable bonds is 7. The van der Waals surface area contributed by atoms with Crippen molar-refractivity contribution in [3.05, 3.63) is 54.7 Å². The van der Waals surface area contributed by atoms with Gasteiger partial charge in [0.2, 0.25) is 0 Å². The van der Waals surface area contributed by atoms with E-state index in [2.05, 4.69) is 32.2 Å². The number of hydrogen-bond donors (Lipinski definition) is 2. The quantitative estimate of drug-likeness (QED) is 0.428. The molecule has 0 unspecified atom stereocenters. The van der Waals surface area contributed by atoms with E-state index < -0.39 is 0 Å². The van der Waals surface area contributed by atoms with Crippen LogP contribution in [0.15, 0.2) is 49.2 Å². The predicted octanol–water partition coefficient (Wildman–Crippen LogP) is 2.98. The minimum atomic E-state index is 0. The molecule has 2 N–H and O–H groups in total. The van der Waals surface area contributed by atoms with Crippen LogP contribution in [0.2, 0.25) is 0 Å². The van der Waals surface area contributed by atoms with Gasteiger partial charge < -0.3 is 24.5 Å². The summed E-state index contributed by atoms with van der Waals surface area (Å²) in [6, 6.07) is 7.92. The van der Waals surface area contributed by atoms with Crippen LogP contribution >= 0.6 is 13.5 Å². The Balaban J connectivity index is 0.00000259. The molecule has 10 heteroatoms. The third-order valence-corrected chi connectivity index (χ3v) is 5.50. The summed E-state index contributed by atoms with van der Waals surface area (Å²) in [7, 11) is 0. The van der Waals surface area contributed by atoms with Gasteiger partial charge in [0.25, 0.3) is 5.88 Å². The zero-order valence-corrected chi connectivity index (χ0v) is 19.2. The molecule has 0 spiro atoms. The van der Waals surface area contributed by atoms with Crippen molar-refractivity contribution >= 4 is 30.3 Å². The van der Waals surface area contributed by atoms with Crippen molar-refractivity contribution in [1.29, 1.82) is 0 Å². The summed E-state index contributed by atoms with van der Waals surface area (Å²) in [6.45, 7) is 4.44. The van der Waals surface area contributed by atoms with Gasteiger partial charge in [-0.25, -0.2) is 19.9 Å². The van der Waals surface area contributed by atoms with E-state index in [1.165, 1.54) is 0 Å². The molecule has 0 amide bonds. The third kappa shape index (κ3) is 4.71. The first-order valence-corrected chi connectivity index (χ1v) is 10.6. The van der Waals surface area contributed by atoms with Crippen LogP contribution in [0, 0.1) is 0 Å². The number of pyridine rings is 2. The number of fused-ring (bicyclic) bond motifs is 2. The van der Waals surface area contributed by atoms with E-state index in [1.807, 2.05) is 35.0 Å². The molecule has 9 nitrogen and oxygen atoms in total. The second-order valence-electron chi connectivity index (χ2n) is 7.67. The van der Waals surface area contributed by atoms with Crippen molar-refractivity contribution in [3.63, 3.8) is 0 Å². The first-order valence-electron chi connectivity index (χ1n) is 10.6. The van der Waals surface area contributed by atoms with E-state index in [1.54, 1.807) is 18.7 Å². The molecule has 0 aromatic carbocycles. The number of aliphatic hydroxyl groups is 1. The summed E-state index contributed by atoms with van der Waals surface area (Å²) in [4.78, 5) is 17.6. The number of anilines is 1. The molecule has 0 saturated heterocycles. The molecule has 5 heterocycles. The van der Waals surface area contributed by atoms with E-state index in [0.29, 0.717) is 32.2 Å². The molecule has 33 heavy (non-hydrogen) atoms.